The lowest BCUT2D eigenvalue weighted by Gasteiger charge is -2.22. The number of rotatable bonds is 5. The molecule has 1 aliphatic rings. The molecule has 0 saturated carbocycles. The molecule has 2 N–H and O–H groups in total. The van der Waals surface area contributed by atoms with Gasteiger partial charge in [-0.15, -0.1) is 0 Å². The predicted molar refractivity (Wildman–Crippen MR) is 82.0 cm³/mol. The zero-order chi connectivity index (χ0) is 14.2. The molecule has 5 heteroatoms. The molecule has 1 aliphatic heterocycles. The van der Waals surface area contributed by atoms with Gasteiger partial charge in [-0.2, -0.15) is 0 Å². The monoisotopic (exact) mass is 290 g/mol. The minimum Gasteiger partial charge on any atom is -0.365 e. The lowest BCUT2D eigenvalue weighted by atomic mass is 10.2. The SMILES string of the molecule is N=C/C(=C\NC1CCCCO1)SC(=O)c1ccccc1. The van der Waals surface area contributed by atoms with Crippen molar-refractivity contribution in [2.45, 2.75) is 25.5 Å². The quantitative estimate of drug-likeness (QED) is 0.818. The van der Waals surface area contributed by atoms with Gasteiger partial charge >= 0.3 is 0 Å². The van der Waals surface area contributed by atoms with Gasteiger partial charge in [-0.05, 0) is 31.0 Å². The average Bonchev–Trinajstić information content (AvgIpc) is 2.53. The van der Waals surface area contributed by atoms with Crippen LogP contribution in [0.15, 0.2) is 41.4 Å². The minimum absolute atomic E-state index is 0.00822. The summed E-state index contributed by atoms with van der Waals surface area (Å²) in [6.45, 7) is 0.765. The second kappa shape index (κ2) is 7.87. The third-order valence-electron chi connectivity index (χ3n) is 2.95. The van der Waals surface area contributed by atoms with Crippen molar-refractivity contribution in [3.8, 4) is 0 Å². The molecule has 0 amide bonds. The Morgan fingerprint density at radius 1 is 1.35 bits per heavy atom. The molecule has 1 atom stereocenters. The Labute approximate surface area is 123 Å². The van der Waals surface area contributed by atoms with E-state index < -0.39 is 0 Å². The van der Waals surface area contributed by atoms with Crippen molar-refractivity contribution >= 4 is 23.1 Å². The normalized spacial score (nSPS) is 19.4. The van der Waals surface area contributed by atoms with E-state index in [0.29, 0.717) is 10.5 Å². The van der Waals surface area contributed by atoms with Crippen molar-refractivity contribution in [1.29, 1.82) is 5.41 Å². The van der Waals surface area contributed by atoms with Crippen molar-refractivity contribution in [1.82, 2.24) is 5.32 Å². The van der Waals surface area contributed by atoms with Gasteiger partial charge in [0, 0.05) is 29.5 Å². The predicted octanol–water partition coefficient (Wildman–Crippen LogP) is 3.17. The van der Waals surface area contributed by atoms with Gasteiger partial charge in [-0.25, -0.2) is 0 Å². The highest BCUT2D eigenvalue weighted by Crippen LogP contribution is 2.20. The summed E-state index contributed by atoms with van der Waals surface area (Å²) in [6.07, 6.45) is 6.06. The molecule has 1 fully saturated rings. The highest BCUT2D eigenvalue weighted by Gasteiger charge is 2.13. The second-order valence-electron chi connectivity index (χ2n) is 4.47. The number of carbonyl (C=O) groups is 1. The Bertz CT molecular complexity index is 482. The van der Waals surface area contributed by atoms with Gasteiger partial charge in [0.25, 0.3) is 0 Å². The van der Waals surface area contributed by atoms with Crippen LogP contribution >= 0.6 is 11.8 Å². The van der Waals surface area contributed by atoms with E-state index in [1.54, 1.807) is 18.3 Å². The van der Waals surface area contributed by atoms with Crippen LogP contribution in [0.3, 0.4) is 0 Å². The molecule has 0 bridgehead atoms. The van der Waals surface area contributed by atoms with Gasteiger partial charge in [0.2, 0.25) is 5.12 Å². The molecule has 1 unspecified atom stereocenters. The van der Waals surface area contributed by atoms with Gasteiger partial charge in [-0.3, -0.25) is 4.79 Å². The zero-order valence-corrected chi connectivity index (χ0v) is 12.0. The molecule has 106 valence electrons. The molecular weight excluding hydrogens is 272 g/mol. The van der Waals surface area contributed by atoms with Gasteiger partial charge in [0.15, 0.2) is 0 Å². The number of carbonyl (C=O) groups excluding carboxylic acids is 1. The first-order chi connectivity index (χ1) is 9.79. The summed E-state index contributed by atoms with van der Waals surface area (Å²) in [4.78, 5) is 12.6. The van der Waals surface area contributed by atoms with Crippen molar-refractivity contribution in [2.24, 2.45) is 0 Å². The van der Waals surface area contributed by atoms with Crippen molar-refractivity contribution in [3.63, 3.8) is 0 Å². The van der Waals surface area contributed by atoms with Gasteiger partial charge in [0.1, 0.15) is 6.23 Å². The maximum absolute atomic E-state index is 12.0. The van der Waals surface area contributed by atoms with Crippen molar-refractivity contribution < 1.29 is 9.53 Å². The smallest absolute Gasteiger partial charge is 0.224 e. The molecule has 1 saturated heterocycles. The standard InChI is InChI=1S/C15H18N2O2S/c16-10-13(11-17-14-8-4-5-9-19-14)20-15(18)12-6-2-1-3-7-12/h1-3,6-7,10-11,14,16-17H,4-5,8-9H2/b13-11+,16-10?. The Hall–Kier alpha value is -1.59. The second-order valence-corrected chi connectivity index (χ2v) is 5.51. The zero-order valence-electron chi connectivity index (χ0n) is 11.2. The lowest BCUT2D eigenvalue weighted by molar-refractivity contribution is 0.00336. The third kappa shape index (κ3) is 4.51. The first-order valence-electron chi connectivity index (χ1n) is 6.65. The summed E-state index contributed by atoms with van der Waals surface area (Å²) in [5.41, 5.74) is 0.638. The lowest BCUT2D eigenvalue weighted by Crippen LogP contribution is -2.31. The Kier molecular flexibility index (Phi) is 5.83. The Morgan fingerprint density at radius 2 is 2.15 bits per heavy atom. The number of hydrogen-bond acceptors (Lipinski definition) is 5. The van der Waals surface area contributed by atoms with E-state index in [1.165, 1.54) is 6.21 Å². The largest absolute Gasteiger partial charge is 0.365 e. The number of ether oxygens (including phenoxy) is 1. The van der Waals surface area contributed by atoms with E-state index in [2.05, 4.69) is 5.32 Å². The molecular formula is C15H18N2O2S. The van der Waals surface area contributed by atoms with Crippen LogP contribution in [-0.2, 0) is 4.74 Å². The fraction of sp³-hybridized carbons (Fsp3) is 0.333. The summed E-state index contributed by atoms with van der Waals surface area (Å²) in [7, 11) is 0. The van der Waals surface area contributed by atoms with Crippen LogP contribution in [-0.4, -0.2) is 24.2 Å². The first kappa shape index (κ1) is 14.8. The van der Waals surface area contributed by atoms with Crippen molar-refractivity contribution in [3.05, 3.63) is 47.0 Å². The topological polar surface area (TPSA) is 62.2 Å². The van der Waals surface area contributed by atoms with Crippen molar-refractivity contribution in [2.75, 3.05) is 6.61 Å². The highest BCUT2D eigenvalue weighted by atomic mass is 32.2. The molecule has 1 heterocycles. The maximum atomic E-state index is 12.0. The van der Waals surface area contributed by atoms with E-state index in [4.69, 9.17) is 10.1 Å². The molecule has 4 nitrogen and oxygen atoms in total. The molecule has 2 rings (SSSR count). The first-order valence-corrected chi connectivity index (χ1v) is 7.47. The van der Waals surface area contributed by atoms with E-state index in [1.807, 2.05) is 18.2 Å². The van der Waals surface area contributed by atoms with E-state index >= 15 is 0 Å². The van der Waals surface area contributed by atoms with Crippen LogP contribution in [0.2, 0.25) is 0 Å². The number of allylic oxidation sites excluding steroid dienone is 1. The minimum atomic E-state index is -0.0632. The van der Waals surface area contributed by atoms with E-state index in [9.17, 15) is 4.79 Å². The van der Waals surface area contributed by atoms with Gasteiger partial charge in [-0.1, -0.05) is 30.3 Å². The van der Waals surface area contributed by atoms with Crippen LogP contribution in [0.4, 0.5) is 0 Å². The van der Waals surface area contributed by atoms with Crippen LogP contribution in [0.5, 0.6) is 0 Å². The fourth-order valence-corrected chi connectivity index (χ4v) is 2.54. The van der Waals surface area contributed by atoms with Crippen LogP contribution in [0.1, 0.15) is 29.6 Å². The summed E-state index contributed by atoms with van der Waals surface area (Å²) >= 11 is 1.05. The average molecular weight is 290 g/mol. The third-order valence-corrected chi connectivity index (χ3v) is 3.85. The molecule has 0 spiro atoms. The molecule has 0 aromatic heterocycles. The van der Waals surface area contributed by atoms with Gasteiger partial charge < -0.3 is 15.5 Å². The van der Waals surface area contributed by atoms with Crippen LogP contribution in [0, 0.1) is 5.41 Å². The van der Waals surface area contributed by atoms with Gasteiger partial charge in [0.05, 0.1) is 0 Å². The fourth-order valence-electron chi connectivity index (χ4n) is 1.89. The number of nitrogens with one attached hydrogen (secondary N) is 2. The molecule has 0 radical (unpaired) electrons. The molecule has 0 aliphatic carbocycles. The molecule has 1 aromatic carbocycles. The van der Waals surface area contributed by atoms with E-state index in [-0.39, 0.29) is 11.3 Å². The number of thioether (sulfide) groups is 1. The molecule has 20 heavy (non-hydrogen) atoms. The summed E-state index contributed by atoms with van der Waals surface area (Å²) in [5, 5.41) is 10.4. The highest BCUT2D eigenvalue weighted by molar-refractivity contribution is 8.18. The Balaban J connectivity index is 1.91. The molecule has 1 aromatic rings. The van der Waals surface area contributed by atoms with Crippen LogP contribution < -0.4 is 5.32 Å². The maximum Gasteiger partial charge on any atom is 0.224 e. The number of benzene rings is 1. The summed E-state index contributed by atoms with van der Waals surface area (Å²) in [5.74, 6) is 0. The number of hydrogen-bond donors (Lipinski definition) is 2. The van der Waals surface area contributed by atoms with E-state index in [0.717, 1.165) is 37.6 Å². The summed E-state index contributed by atoms with van der Waals surface area (Å²) < 4.78 is 5.54. The Morgan fingerprint density at radius 3 is 2.80 bits per heavy atom. The van der Waals surface area contributed by atoms with Crippen LogP contribution in [0.25, 0.3) is 0 Å². The summed E-state index contributed by atoms with van der Waals surface area (Å²) in [6, 6.07) is 9.07.